The Labute approximate surface area is 115 Å². The topological polar surface area (TPSA) is 62.1 Å². The summed E-state index contributed by atoms with van der Waals surface area (Å²) in [4.78, 5) is 18.2. The number of aryl methyl sites for hydroxylation is 1. The molecule has 3 aromatic heterocycles. The van der Waals surface area contributed by atoms with Crippen LogP contribution in [0.1, 0.15) is 0 Å². The number of thiazole rings is 1. The fraction of sp³-hybridized carbons (Fsp3) is 0.222. The monoisotopic (exact) mass is 302 g/mol. The number of imidazole rings is 1. The third-order valence-electron chi connectivity index (χ3n) is 2.32. The molecule has 6 nitrogen and oxygen atoms in total. The summed E-state index contributed by atoms with van der Waals surface area (Å²) in [6.45, 7) is 0. The Hall–Kier alpha value is -0.930. The van der Waals surface area contributed by atoms with E-state index in [0.29, 0.717) is 15.0 Å². The van der Waals surface area contributed by atoms with Gasteiger partial charge in [-0.3, -0.25) is 0 Å². The Kier molecular flexibility index (Phi) is 3.12. The van der Waals surface area contributed by atoms with Crippen molar-refractivity contribution in [1.29, 1.82) is 0 Å². The highest BCUT2D eigenvalue weighted by Gasteiger charge is 2.16. The van der Waals surface area contributed by atoms with Crippen molar-refractivity contribution >= 4 is 56.4 Å². The second-order valence-corrected chi connectivity index (χ2v) is 5.69. The van der Waals surface area contributed by atoms with E-state index in [1.807, 2.05) is 11.6 Å². The van der Waals surface area contributed by atoms with Crippen LogP contribution in [0.3, 0.4) is 0 Å². The van der Waals surface area contributed by atoms with Crippen molar-refractivity contribution in [2.24, 2.45) is 7.05 Å². The van der Waals surface area contributed by atoms with E-state index in [2.05, 4.69) is 19.8 Å². The maximum absolute atomic E-state index is 6.09. The number of fused-ring (bicyclic) bond motifs is 3. The van der Waals surface area contributed by atoms with Gasteiger partial charge in [-0.25, -0.2) is 19.8 Å². The zero-order valence-electron chi connectivity index (χ0n) is 9.38. The number of nitrogens with zero attached hydrogens (tertiary/aromatic N) is 4. The van der Waals surface area contributed by atoms with Gasteiger partial charge < -0.3 is 4.57 Å². The van der Waals surface area contributed by atoms with Crippen molar-refractivity contribution in [1.82, 2.24) is 19.5 Å². The average Bonchev–Trinajstić information content (AvgIpc) is 2.90. The standard InChI is InChI=1S/C9H7ClN4O2S2/c1-14-3-11-4-6(14)5-8(13-7(4)10)17-9(12-5)18-16-15-2/h3H,1-2H3. The van der Waals surface area contributed by atoms with E-state index in [4.69, 9.17) is 15.9 Å². The summed E-state index contributed by atoms with van der Waals surface area (Å²) in [7, 11) is 3.33. The summed E-state index contributed by atoms with van der Waals surface area (Å²) in [5.74, 6) is 0. The largest absolute Gasteiger partial charge is 0.332 e. The van der Waals surface area contributed by atoms with Gasteiger partial charge in [-0.2, -0.15) is 4.33 Å². The van der Waals surface area contributed by atoms with Crippen molar-refractivity contribution in [2.45, 2.75) is 4.34 Å². The van der Waals surface area contributed by atoms with Gasteiger partial charge in [0, 0.05) is 7.05 Å². The van der Waals surface area contributed by atoms with E-state index in [-0.39, 0.29) is 0 Å². The molecule has 18 heavy (non-hydrogen) atoms. The summed E-state index contributed by atoms with van der Waals surface area (Å²) >= 11 is 8.52. The highest BCUT2D eigenvalue weighted by molar-refractivity contribution is 7.96. The van der Waals surface area contributed by atoms with Crippen molar-refractivity contribution in [3.8, 4) is 0 Å². The summed E-state index contributed by atoms with van der Waals surface area (Å²) < 4.78 is 7.35. The highest BCUT2D eigenvalue weighted by Crippen LogP contribution is 2.34. The first-order chi connectivity index (χ1) is 8.70. The molecule has 0 saturated heterocycles. The fourth-order valence-electron chi connectivity index (χ4n) is 1.62. The average molecular weight is 303 g/mol. The minimum Gasteiger partial charge on any atom is -0.332 e. The third-order valence-corrected chi connectivity index (χ3v) is 4.22. The molecule has 0 radical (unpaired) electrons. The Morgan fingerprint density at radius 3 is 3.00 bits per heavy atom. The normalized spacial score (nSPS) is 11.7. The first kappa shape index (κ1) is 12.1. The number of rotatable bonds is 3. The molecular formula is C9H7ClN4O2S2. The van der Waals surface area contributed by atoms with E-state index in [1.54, 1.807) is 6.33 Å². The molecule has 0 saturated carbocycles. The molecule has 94 valence electrons. The number of aromatic nitrogens is 4. The lowest BCUT2D eigenvalue weighted by Gasteiger charge is -1.96. The maximum Gasteiger partial charge on any atom is 0.183 e. The molecule has 0 unspecified atom stereocenters. The van der Waals surface area contributed by atoms with Gasteiger partial charge in [-0.1, -0.05) is 22.9 Å². The predicted molar refractivity (Wildman–Crippen MR) is 70.6 cm³/mol. The van der Waals surface area contributed by atoms with Crippen LogP contribution in [0.25, 0.3) is 21.4 Å². The minimum absolute atomic E-state index is 0.381. The van der Waals surface area contributed by atoms with Crippen LogP contribution in [0.5, 0.6) is 0 Å². The minimum atomic E-state index is 0.381. The summed E-state index contributed by atoms with van der Waals surface area (Å²) in [5.41, 5.74) is 2.29. The van der Waals surface area contributed by atoms with E-state index in [0.717, 1.165) is 27.9 Å². The van der Waals surface area contributed by atoms with Gasteiger partial charge in [0.05, 0.1) is 13.4 Å². The molecule has 0 atom stereocenters. The van der Waals surface area contributed by atoms with E-state index in [1.165, 1.54) is 18.4 Å². The maximum atomic E-state index is 6.09. The first-order valence-corrected chi connectivity index (χ1v) is 6.78. The van der Waals surface area contributed by atoms with Gasteiger partial charge >= 0.3 is 0 Å². The summed E-state index contributed by atoms with van der Waals surface area (Å²) in [5, 5.41) is 0.381. The number of pyridine rings is 1. The Morgan fingerprint density at radius 2 is 2.22 bits per heavy atom. The van der Waals surface area contributed by atoms with Gasteiger partial charge in [0.15, 0.2) is 9.49 Å². The molecule has 0 aliphatic heterocycles. The Balaban J connectivity index is 2.25. The van der Waals surface area contributed by atoms with Crippen molar-refractivity contribution < 1.29 is 9.22 Å². The predicted octanol–water partition coefficient (Wildman–Crippen LogP) is 2.82. The molecule has 0 spiro atoms. The van der Waals surface area contributed by atoms with Crippen LogP contribution in [-0.4, -0.2) is 26.6 Å². The van der Waals surface area contributed by atoms with Crippen LogP contribution >= 0.6 is 35.0 Å². The number of hydrogen-bond acceptors (Lipinski definition) is 7. The second-order valence-electron chi connectivity index (χ2n) is 3.41. The van der Waals surface area contributed by atoms with Gasteiger partial charge in [-0.15, -0.1) is 0 Å². The molecular weight excluding hydrogens is 296 g/mol. The van der Waals surface area contributed by atoms with Crippen LogP contribution in [0.15, 0.2) is 10.7 Å². The summed E-state index contributed by atoms with van der Waals surface area (Å²) in [6, 6.07) is 0. The van der Waals surface area contributed by atoms with Gasteiger partial charge in [-0.05, 0) is 0 Å². The van der Waals surface area contributed by atoms with Crippen LogP contribution in [0, 0.1) is 0 Å². The lowest BCUT2D eigenvalue weighted by atomic mass is 10.4. The zero-order valence-corrected chi connectivity index (χ0v) is 11.8. The molecule has 3 heterocycles. The quantitative estimate of drug-likeness (QED) is 0.321. The lowest BCUT2D eigenvalue weighted by Crippen LogP contribution is -1.87. The van der Waals surface area contributed by atoms with E-state index < -0.39 is 0 Å². The molecule has 3 rings (SSSR count). The van der Waals surface area contributed by atoms with E-state index in [9.17, 15) is 0 Å². The number of halogens is 1. The molecule has 3 aromatic rings. The summed E-state index contributed by atoms with van der Waals surface area (Å²) in [6.07, 6.45) is 1.69. The molecule has 0 aliphatic rings. The van der Waals surface area contributed by atoms with Gasteiger partial charge in [0.2, 0.25) is 0 Å². The third kappa shape index (κ3) is 1.86. The van der Waals surface area contributed by atoms with Crippen molar-refractivity contribution in [2.75, 3.05) is 7.11 Å². The van der Waals surface area contributed by atoms with Crippen molar-refractivity contribution in [3.63, 3.8) is 0 Å². The molecule has 0 aromatic carbocycles. The Bertz CT molecular complexity index is 726. The van der Waals surface area contributed by atoms with Gasteiger partial charge in [0.25, 0.3) is 0 Å². The lowest BCUT2D eigenvalue weighted by molar-refractivity contribution is -0.160. The second kappa shape index (κ2) is 4.63. The van der Waals surface area contributed by atoms with Gasteiger partial charge in [0.1, 0.15) is 33.4 Å². The molecule has 0 bridgehead atoms. The highest BCUT2D eigenvalue weighted by atomic mass is 35.5. The van der Waals surface area contributed by atoms with Crippen LogP contribution < -0.4 is 0 Å². The smallest absolute Gasteiger partial charge is 0.183 e. The molecule has 9 heteroatoms. The van der Waals surface area contributed by atoms with Crippen LogP contribution in [-0.2, 0) is 16.3 Å². The first-order valence-electron chi connectivity index (χ1n) is 4.85. The molecule has 0 fully saturated rings. The zero-order chi connectivity index (χ0) is 12.7. The SMILES string of the molecule is COOSc1nc2c(nc(Cl)c3ncn(C)c32)s1. The van der Waals surface area contributed by atoms with Crippen LogP contribution in [0.4, 0.5) is 0 Å². The van der Waals surface area contributed by atoms with Crippen LogP contribution in [0.2, 0.25) is 5.15 Å². The van der Waals surface area contributed by atoms with E-state index >= 15 is 0 Å². The fourth-order valence-corrected chi connectivity index (χ4v) is 3.29. The number of hydrogen-bond donors (Lipinski definition) is 0. The molecule has 0 amide bonds. The Morgan fingerprint density at radius 1 is 1.39 bits per heavy atom. The van der Waals surface area contributed by atoms with Crippen molar-refractivity contribution in [3.05, 3.63) is 11.5 Å². The molecule has 0 N–H and O–H groups in total. The molecule has 0 aliphatic carbocycles.